The highest BCUT2D eigenvalue weighted by molar-refractivity contribution is 7.10. The Morgan fingerprint density at radius 2 is 2.00 bits per heavy atom. The Balaban J connectivity index is 1.92. The zero-order valence-corrected chi connectivity index (χ0v) is 11.8. The Hall–Kier alpha value is -0.860. The van der Waals surface area contributed by atoms with Gasteiger partial charge in [-0.25, -0.2) is 0 Å². The molecule has 1 aliphatic heterocycles. The summed E-state index contributed by atoms with van der Waals surface area (Å²) in [5.41, 5.74) is 6.58. The molecule has 1 aliphatic rings. The van der Waals surface area contributed by atoms with Crippen LogP contribution in [0.4, 0.5) is 0 Å². The lowest BCUT2D eigenvalue weighted by Gasteiger charge is -2.33. The van der Waals surface area contributed by atoms with Gasteiger partial charge in [0.1, 0.15) is 0 Å². The number of piperazine rings is 1. The van der Waals surface area contributed by atoms with Crippen LogP contribution in [0.15, 0.2) is 11.4 Å². The molecule has 4 heteroatoms. The molecule has 0 amide bonds. The Bertz CT molecular complexity index is 422. The summed E-state index contributed by atoms with van der Waals surface area (Å²) in [6.45, 7) is 9.56. The highest BCUT2D eigenvalue weighted by Gasteiger charge is 2.16. The van der Waals surface area contributed by atoms with E-state index >= 15 is 0 Å². The van der Waals surface area contributed by atoms with Gasteiger partial charge >= 0.3 is 0 Å². The first kappa shape index (κ1) is 13.6. The molecule has 0 spiro atoms. The van der Waals surface area contributed by atoms with Crippen molar-refractivity contribution in [2.24, 2.45) is 5.73 Å². The third-order valence-electron chi connectivity index (χ3n) is 3.35. The highest BCUT2D eigenvalue weighted by atomic mass is 32.1. The van der Waals surface area contributed by atoms with Crippen LogP contribution in [0.2, 0.25) is 0 Å². The number of nitrogens with zero attached hydrogens (tertiary/aromatic N) is 2. The van der Waals surface area contributed by atoms with Gasteiger partial charge in [-0.2, -0.15) is 0 Å². The van der Waals surface area contributed by atoms with Crippen LogP contribution in [0.1, 0.15) is 17.4 Å². The van der Waals surface area contributed by atoms with Gasteiger partial charge in [-0.1, -0.05) is 18.8 Å². The Kier molecular flexibility index (Phi) is 5.21. The molecule has 0 saturated carbocycles. The predicted octanol–water partition coefficient (Wildman–Crippen LogP) is 1.20. The van der Waals surface area contributed by atoms with Gasteiger partial charge in [0, 0.05) is 43.2 Å². The predicted molar refractivity (Wildman–Crippen MR) is 77.6 cm³/mol. The van der Waals surface area contributed by atoms with E-state index in [9.17, 15) is 0 Å². The van der Waals surface area contributed by atoms with Crippen LogP contribution in [-0.4, -0.2) is 49.1 Å². The van der Waals surface area contributed by atoms with Crippen LogP contribution < -0.4 is 5.73 Å². The van der Waals surface area contributed by atoms with Gasteiger partial charge < -0.3 is 10.6 Å². The fourth-order valence-corrected chi connectivity index (χ4v) is 3.06. The molecule has 3 nitrogen and oxygen atoms in total. The number of hydrogen-bond donors (Lipinski definition) is 1. The SMILES string of the molecule is CCN1CCN(Cc2sccc2C#CCN)CC1. The molecule has 98 valence electrons. The van der Waals surface area contributed by atoms with Crippen molar-refractivity contribution in [2.75, 3.05) is 39.3 Å². The van der Waals surface area contributed by atoms with Crippen molar-refractivity contribution in [3.8, 4) is 11.8 Å². The Morgan fingerprint density at radius 3 is 2.67 bits per heavy atom. The van der Waals surface area contributed by atoms with Gasteiger partial charge in [0.25, 0.3) is 0 Å². The molecular formula is C14H21N3S. The first-order valence-corrected chi connectivity index (χ1v) is 7.41. The summed E-state index contributed by atoms with van der Waals surface area (Å²) < 4.78 is 0. The molecule has 1 aromatic heterocycles. The molecule has 0 unspecified atom stereocenters. The number of likely N-dealkylation sites (N-methyl/N-ethyl adjacent to an activating group) is 1. The largest absolute Gasteiger partial charge is 0.320 e. The van der Waals surface area contributed by atoms with Crippen molar-refractivity contribution >= 4 is 11.3 Å². The maximum Gasteiger partial charge on any atom is 0.0555 e. The fraction of sp³-hybridized carbons (Fsp3) is 0.571. The van der Waals surface area contributed by atoms with Crippen molar-refractivity contribution in [1.29, 1.82) is 0 Å². The average molecular weight is 263 g/mol. The maximum atomic E-state index is 5.42. The van der Waals surface area contributed by atoms with E-state index < -0.39 is 0 Å². The molecule has 0 aromatic carbocycles. The molecule has 0 atom stereocenters. The van der Waals surface area contributed by atoms with Crippen LogP contribution in [0.3, 0.4) is 0 Å². The Morgan fingerprint density at radius 1 is 1.28 bits per heavy atom. The van der Waals surface area contributed by atoms with Crippen molar-refractivity contribution in [3.63, 3.8) is 0 Å². The first-order chi connectivity index (χ1) is 8.83. The molecule has 0 aliphatic carbocycles. The van der Waals surface area contributed by atoms with Crippen molar-refractivity contribution in [3.05, 3.63) is 21.9 Å². The van der Waals surface area contributed by atoms with Crippen molar-refractivity contribution < 1.29 is 0 Å². The first-order valence-electron chi connectivity index (χ1n) is 6.53. The van der Waals surface area contributed by atoms with Crippen LogP contribution in [0.25, 0.3) is 0 Å². The lowest BCUT2D eigenvalue weighted by molar-refractivity contribution is 0.133. The second-order valence-corrected chi connectivity index (χ2v) is 5.47. The molecule has 2 N–H and O–H groups in total. The fourth-order valence-electron chi connectivity index (χ4n) is 2.19. The number of hydrogen-bond acceptors (Lipinski definition) is 4. The standard InChI is InChI=1S/C14H21N3S/c1-2-16-7-9-17(10-8-16)12-14-13(4-3-6-15)5-11-18-14/h5,11H,2,6-10,12,15H2,1H3. The topological polar surface area (TPSA) is 32.5 Å². The van der Waals surface area contributed by atoms with E-state index in [4.69, 9.17) is 5.73 Å². The minimum absolute atomic E-state index is 0.435. The van der Waals surface area contributed by atoms with Crippen LogP contribution in [-0.2, 0) is 6.54 Å². The second kappa shape index (κ2) is 6.91. The minimum atomic E-state index is 0.435. The van der Waals surface area contributed by atoms with E-state index in [1.54, 1.807) is 11.3 Å². The van der Waals surface area contributed by atoms with E-state index in [0.717, 1.165) is 25.2 Å². The van der Waals surface area contributed by atoms with Gasteiger partial charge in [-0.05, 0) is 18.0 Å². The monoisotopic (exact) mass is 263 g/mol. The van der Waals surface area contributed by atoms with Gasteiger partial charge in [-0.15, -0.1) is 11.3 Å². The summed E-state index contributed by atoms with van der Waals surface area (Å²) in [5, 5.41) is 2.12. The molecule has 0 radical (unpaired) electrons. The lowest BCUT2D eigenvalue weighted by Crippen LogP contribution is -2.45. The smallest absolute Gasteiger partial charge is 0.0555 e. The number of rotatable bonds is 3. The molecule has 1 saturated heterocycles. The molecule has 2 heterocycles. The quantitative estimate of drug-likeness (QED) is 0.832. The van der Waals surface area contributed by atoms with Crippen LogP contribution in [0.5, 0.6) is 0 Å². The van der Waals surface area contributed by atoms with Gasteiger partial charge in [-0.3, -0.25) is 4.90 Å². The highest BCUT2D eigenvalue weighted by Crippen LogP contribution is 2.18. The molecule has 0 bridgehead atoms. The maximum absolute atomic E-state index is 5.42. The third-order valence-corrected chi connectivity index (χ3v) is 4.26. The zero-order valence-electron chi connectivity index (χ0n) is 11.0. The second-order valence-electron chi connectivity index (χ2n) is 4.47. The zero-order chi connectivity index (χ0) is 12.8. The number of thiophene rings is 1. The van der Waals surface area contributed by atoms with E-state index in [1.165, 1.54) is 24.5 Å². The molecular weight excluding hydrogens is 242 g/mol. The van der Waals surface area contributed by atoms with E-state index in [1.807, 2.05) is 0 Å². The van der Waals surface area contributed by atoms with Crippen molar-refractivity contribution in [2.45, 2.75) is 13.5 Å². The lowest BCUT2D eigenvalue weighted by atomic mass is 10.2. The van der Waals surface area contributed by atoms with Gasteiger partial charge in [0.2, 0.25) is 0 Å². The van der Waals surface area contributed by atoms with Gasteiger partial charge in [0.05, 0.1) is 6.54 Å². The average Bonchev–Trinajstić information content (AvgIpc) is 2.84. The summed E-state index contributed by atoms with van der Waals surface area (Å²) in [4.78, 5) is 6.40. The third kappa shape index (κ3) is 3.56. The van der Waals surface area contributed by atoms with E-state index in [2.05, 4.69) is 40.0 Å². The van der Waals surface area contributed by atoms with Gasteiger partial charge in [0.15, 0.2) is 0 Å². The summed E-state index contributed by atoms with van der Waals surface area (Å²) in [6.07, 6.45) is 0. The molecule has 1 aromatic rings. The number of nitrogens with two attached hydrogens (primary N) is 1. The van der Waals surface area contributed by atoms with E-state index in [0.29, 0.717) is 6.54 Å². The normalized spacial score (nSPS) is 17.4. The Labute approximate surface area is 114 Å². The van der Waals surface area contributed by atoms with Crippen LogP contribution >= 0.6 is 11.3 Å². The summed E-state index contributed by atoms with van der Waals surface area (Å²) in [5.74, 6) is 6.10. The van der Waals surface area contributed by atoms with E-state index in [-0.39, 0.29) is 0 Å². The van der Waals surface area contributed by atoms with Crippen molar-refractivity contribution in [1.82, 2.24) is 9.80 Å². The van der Waals surface area contributed by atoms with Crippen LogP contribution in [0, 0.1) is 11.8 Å². The summed E-state index contributed by atoms with van der Waals surface area (Å²) >= 11 is 1.80. The summed E-state index contributed by atoms with van der Waals surface area (Å²) in [6, 6.07) is 2.10. The molecule has 18 heavy (non-hydrogen) atoms. The molecule has 1 fully saturated rings. The molecule has 2 rings (SSSR count). The summed E-state index contributed by atoms with van der Waals surface area (Å²) in [7, 11) is 0. The minimum Gasteiger partial charge on any atom is -0.320 e.